The highest BCUT2D eigenvalue weighted by atomic mass is 32.2. The lowest BCUT2D eigenvalue weighted by Gasteiger charge is -1.94. The van der Waals surface area contributed by atoms with Gasteiger partial charge < -0.3 is 5.11 Å². The van der Waals surface area contributed by atoms with E-state index in [0.717, 1.165) is 11.8 Å². The molecule has 5 heteroatoms. The van der Waals surface area contributed by atoms with Crippen LogP contribution in [0, 0.1) is 0 Å². The van der Waals surface area contributed by atoms with E-state index in [1.54, 1.807) is 0 Å². The molecule has 0 fully saturated rings. The largest absolute Gasteiger partial charge is 0.481 e. The number of carboxylic acid groups (broad SMARTS) is 1. The van der Waals surface area contributed by atoms with Crippen molar-refractivity contribution in [2.45, 2.75) is 12.8 Å². The SMILES string of the molecule is O=C(O)CCCSC(=O)CS. The Bertz CT molecular complexity index is 147. The topological polar surface area (TPSA) is 54.4 Å². The average molecular weight is 194 g/mol. The zero-order valence-corrected chi connectivity index (χ0v) is 7.66. The molecule has 0 aromatic rings. The summed E-state index contributed by atoms with van der Waals surface area (Å²) in [4.78, 5) is 20.6. The van der Waals surface area contributed by atoms with Gasteiger partial charge in [-0.05, 0) is 6.42 Å². The first-order chi connectivity index (χ1) is 5.16. The molecule has 0 radical (unpaired) electrons. The lowest BCUT2D eigenvalue weighted by molar-refractivity contribution is -0.137. The predicted octanol–water partition coefficient (Wildman–Crippen LogP) is 1.04. The summed E-state index contributed by atoms with van der Waals surface area (Å²) in [5, 5.41) is 8.23. The molecular weight excluding hydrogens is 184 g/mol. The molecule has 0 spiro atoms. The van der Waals surface area contributed by atoms with E-state index in [-0.39, 0.29) is 17.3 Å². The molecule has 3 nitrogen and oxygen atoms in total. The van der Waals surface area contributed by atoms with E-state index in [0.29, 0.717) is 12.2 Å². The summed E-state index contributed by atoms with van der Waals surface area (Å²) in [5.74, 6) is -0.0207. The average Bonchev–Trinajstić information content (AvgIpc) is 1.97. The standard InChI is InChI=1S/C6H10O3S2/c7-5(8)2-1-3-11-6(9)4-10/h10H,1-4H2,(H,7,8). The smallest absolute Gasteiger partial charge is 0.303 e. The molecule has 0 heterocycles. The Balaban J connectivity index is 3.14. The minimum absolute atomic E-state index is 0.00118. The van der Waals surface area contributed by atoms with Gasteiger partial charge in [-0.3, -0.25) is 9.59 Å². The molecule has 0 aromatic carbocycles. The highest BCUT2D eigenvalue weighted by Gasteiger charge is 2.00. The van der Waals surface area contributed by atoms with Gasteiger partial charge >= 0.3 is 5.97 Å². The van der Waals surface area contributed by atoms with E-state index < -0.39 is 5.97 Å². The number of carbonyl (C=O) groups is 2. The van der Waals surface area contributed by atoms with Gasteiger partial charge in [-0.15, -0.1) is 0 Å². The first kappa shape index (κ1) is 10.8. The summed E-state index contributed by atoms with van der Waals surface area (Å²) >= 11 is 4.91. The van der Waals surface area contributed by atoms with E-state index in [4.69, 9.17) is 5.11 Å². The summed E-state index contributed by atoms with van der Waals surface area (Å²) in [6.07, 6.45) is 0.673. The number of carbonyl (C=O) groups excluding carboxylic acids is 1. The maximum atomic E-state index is 10.6. The molecule has 0 rings (SSSR count). The van der Waals surface area contributed by atoms with Crippen LogP contribution in [-0.2, 0) is 9.59 Å². The Hall–Kier alpha value is -0.160. The second-order valence-corrected chi connectivity index (χ2v) is 3.34. The van der Waals surface area contributed by atoms with Crippen LogP contribution in [0.3, 0.4) is 0 Å². The van der Waals surface area contributed by atoms with Crippen molar-refractivity contribution in [3.63, 3.8) is 0 Å². The van der Waals surface area contributed by atoms with Crippen LogP contribution in [0.2, 0.25) is 0 Å². The molecule has 0 unspecified atom stereocenters. The molecule has 0 aliphatic heterocycles. The van der Waals surface area contributed by atoms with Crippen LogP contribution in [0.1, 0.15) is 12.8 Å². The van der Waals surface area contributed by atoms with Crippen molar-refractivity contribution in [3.05, 3.63) is 0 Å². The van der Waals surface area contributed by atoms with Gasteiger partial charge in [0.15, 0.2) is 5.12 Å². The second-order valence-electron chi connectivity index (χ2n) is 1.88. The maximum Gasteiger partial charge on any atom is 0.303 e. The molecule has 0 bridgehead atoms. The molecular formula is C6H10O3S2. The Kier molecular flexibility index (Phi) is 6.45. The van der Waals surface area contributed by atoms with Crippen LogP contribution in [-0.4, -0.2) is 27.7 Å². The Morgan fingerprint density at radius 2 is 2.09 bits per heavy atom. The van der Waals surface area contributed by atoms with Crippen LogP contribution in [0.5, 0.6) is 0 Å². The van der Waals surface area contributed by atoms with Gasteiger partial charge in [0.2, 0.25) is 0 Å². The van der Waals surface area contributed by atoms with Crippen molar-refractivity contribution in [1.29, 1.82) is 0 Å². The van der Waals surface area contributed by atoms with Crippen LogP contribution >= 0.6 is 24.4 Å². The third-order valence-electron chi connectivity index (χ3n) is 0.927. The van der Waals surface area contributed by atoms with Crippen molar-refractivity contribution >= 4 is 35.5 Å². The summed E-state index contributed by atoms with van der Waals surface area (Å²) in [5.41, 5.74) is 0. The van der Waals surface area contributed by atoms with Gasteiger partial charge in [-0.25, -0.2) is 0 Å². The summed E-state index contributed by atoms with van der Waals surface area (Å²) in [6, 6.07) is 0. The number of hydrogen-bond acceptors (Lipinski definition) is 4. The fraction of sp³-hybridized carbons (Fsp3) is 0.667. The third-order valence-corrected chi connectivity index (χ3v) is 2.39. The number of carboxylic acids is 1. The van der Waals surface area contributed by atoms with Crippen molar-refractivity contribution < 1.29 is 14.7 Å². The summed E-state index contributed by atoms with van der Waals surface area (Å²) in [7, 11) is 0. The van der Waals surface area contributed by atoms with Crippen molar-refractivity contribution in [3.8, 4) is 0 Å². The molecule has 0 atom stereocenters. The van der Waals surface area contributed by atoms with E-state index in [2.05, 4.69) is 12.6 Å². The lowest BCUT2D eigenvalue weighted by atomic mass is 10.3. The van der Waals surface area contributed by atoms with Crippen LogP contribution in [0.4, 0.5) is 0 Å². The van der Waals surface area contributed by atoms with Crippen LogP contribution in [0.25, 0.3) is 0 Å². The van der Waals surface area contributed by atoms with Crippen molar-refractivity contribution in [1.82, 2.24) is 0 Å². The first-order valence-corrected chi connectivity index (χ1v) is 4.77. The first-order valence-electron chi connectivity index (χ1n) is 3.15. The number of aliphatic carboxylic acids is 1. The third kappa shape index (κ3) is 7.74. The summed E-state index contributed by atoms with van der Waals surface area (Å²) < 4.78 is 0. The maximum absolute atomic E-state index is 10.6. The number of thioether (sulfide) groups is 1. The highest BCUT2D eigenvalue weighted by Crippen LogP contribution is 2.06. The zero-order chi connectivity index (χ0) is 8.69. The highest BCUT2D eigenvalue weighted by molar-refractivity contribution is 8.14. The van der Waals surface area contributed by atoms with Gasteiger partial charge in [-0.1, -0.05) is 11.8 Å². The fourth-order valence-electron chi connectivity index (χ4n) is 0.455. The number of thiol groups is 1. The molecule has 0 amide bonds. The Morgan fingerprint density at radius 1 is 1.45 bits per heavy atom. The van der Waals surface area contributed by atoms with Gasteiger partial charge in [0.05, 0.1) is 5.75 Å². The Labute approximate surface area is 75.0 Å². The number of rotatable bonds is 5. The van der Waals surface area contributed by atoms with Crippen molar-refractivity contribution in [2.24, 2.45) is 0 Å². The van der Waals surface area contributed by atoms with E-state index >= 15 is 0 Å². The zero-order valence-electron chi connectivity index (χ0n) is 5.95. The minimum atomic E-state index is -0.816. The molecule has 11 heavy (non-hydrogen) atoms. The predicted molar refractivity (Wildman–Crippen MR) is 48.2 cm³/mol. The molecule has 0 aromatic heterocycles. The molecule has 0 aliphatic carbocycles. The van der Waals surface area contributed by atoms with E-state index in [1.165, 1.54) is 0 Å². The summed E-state index contributed by atoms with van der Waals surface area (Å²) in [6.45, 7) is 0. The lowest BCUT2D eigenvalue weighted by Crippen LogP contribution is -1.98. The van der Waals surface area contributed by atoms with E-state index in [9.17, 15) is 9.59 Å². The second kappa shape index (κ2) is 6.54. The van der Waals surface area contributed by atoms with Crippen LogP contribution < -0.4 is 0 Å². The monoisotopic (exact) mass is 194 g/mol. The molecule has 1 N–H and O–H groups in total. The van der Waals surface area contributed by atoms with Gasteiger partial charge in [0, 0.05) is 12.2 Å². The van der Waals surface area contributed by atoms with E-state index in [1.807, 2.05) is 0 Å². The normalized spacial score (nSPS) is 9.55. The van der Waals surface area contributed by atoms with Crippen molar-refractivity contribution in [2.75, 3.05) is 11.5 Å². The number of hydrogen-bond donors (Lipinski definition) is 2. The molecule has 0 saturated carbocycles. The quantitative estimate of drug-likeness (QED) is 0.507. The molecule has 0 saturated heterocycles. The van der Waals surface area contributed by atoms with Gasteiger partial charge in [0.1, 0.15) is 0 Å². The Morgan fingerprint density at radius 3 is 2.55 bits per heavy atom. The molecule has 0 aliphatic rings. The van der Waals surface area contributed by atoms with Gasteiger partial charge in [-0.2, -0.15) is 12.6 Å². The fourth-order valence-corrected chi connectivity index (χ4v) is 1.34. The van der Waals surface area contributed by atoms with Gasteiger partial charge in [0.25, 0.3) is 0 Å². The van der Waals surface area contributed by atoms with Crippen LogP contribution in [0.15, 0.2) is 0 Å². The molecule has 64 valence electrons. The minimum Gasteiger partial charge on any atom is -0.481 e.